The fourth-order valence-corrected chi connectivity index (χ4v) is 1.36. The van der Waals surface area contributed by atoms with Gasteiger partial charge in [0.1, 0.15) is 0 Å². The Labute approximate surface area is 92.5 Å². The van der Waals surface area contributed by atoms with E-state index in [-0.39, 0.29) is 17.1 Å². The quantitative estimate of drug-likeness (QED) is 0.529. The molecule has 0 spiro atoms. The van der Waals surface area contributed by atoms with Gasteiger partial charge in [0.25, 0.3) is 0 Å². The minimum Gasteiger partial charge on any atom is -0.304 e. The molecule has 0 atom stereocenters. The molecule has 1 aliphatic heterocycles. The van der Waals surface area contributed by atoms with Crippen molar-refractivity contribution in [1.29, 1.82) is 0 Å². The summed E-state index contributed by atoms with van der Waals surface area (Å²) < 4.78 is 0. The molecule has 1 radical (unpaired) electrons. The van der Waals surface area contributed by atoms with Crippen LogP contribution >= 0.6 is 0 Å². The largest absolute Gasteiger partial charge is 0.304 e. The van der Waals surface area contributed by atoms with E-state index in [1.54, 1.807) is 0 Å². The standard InChI is InChI=1S/C9H21N3.Mn/c1-10-4-6-11(2)8-9-12(3)7-5-10;/h4-9H2,1-3H3;. The van der Waals surface area contributed by atoms with E-state index in [4.69, 9.17) is 0 Å². The molecule has 4 heteroatoms. The molecule has 0 unspecified atom stereocenters. The molecule has 1 rings (SSSR count). The van der Waals surface area contributed by atoms with Gasteiger partial charge in [0.15, 0.2) is 0 Å². The zero-order chi connectivity index (χ0) is 8.97. The first-order valence-corrected chi connectivity index (χ1v) is 4.74. The minimum absolute atomic E-state index is 0. The van der Waals surface area contributed by atoms with Gasteiger partial charge in [0, 0.05) is 56.3 Å². The number of likely N-dealkylation sites (N-methyl/N-ethyl adjacent to an activating group) is 3. The average Bonchev–Trinajstić information content (AvgIpc) is 2.11. The van der Waals surface area contributed by atoms with Crippen molar-refractivity contribution in [1.82, 2.24) is 14.7 Å². The molecule has 1 heterocycles. The molecular formula is C9H21MnN3. The summed E-state index contributed by atoms with van der Waals surface area (Å²) in [4.78, 5) is 7.20. The van der Waals surface area contributed by atoms with Crippen molar-refractivity contribution < 1.29 is 17.1 Å². The number of rotatable bonds is 0. The van der Waals surface area contributed by atoms with E-state index in [0.29, 0.717) is 0 Å². The normalized spacial score (nSPS) is 24.2. The molecule has 0 aliphatic carbocycles. The number of hydrogen-bond acceptors (Lipinski definition) is 3. The Hall–Kier alpha value is 0.399. The van der Waals surface area contributed by atoms with E-state index >= 15 is 0 Å². The van der Waals surface area contributed by atoms with Crippen LogP contribution in [0.2, 0.25) is 0 Å². The molecule has 13 heavy (non-hydrogen) atoms. The minimum atomic E-state index is 0. The summed E-state index contributed by atoms with van der Waals surface area (Å²) in [7, 11) is 6.60. The van der Waals surface area contributed by atoms with Crippen molar-refractivity contribution in [2.45, 2.75) is 0 Å². The van der Waals surface area contributed by atoms with E-state index in [0.717, 1.165) is 0 Å². The van der Waals surface area contributed by atoms with E-state index in [1.165, 1.54) is 39.3 Å². The van der Waals surface area contributed by atoms with Gasteiger partial charge in [-0.2, -0.15) is 0 Å². The maximum absolute atomic E-state index is 2.40. The van der Waals surface area contributed by atoms with Gasteiger partial charge in [0.2, 0.25) is 0 Å². The van der Waals surface area contributed by atoms with Crippen LogP contribution in [0, 0.1) is 0 Å². The number of hydrogen-bond donors (Lipinski definition) is 0. The van der Waals surface area contributed by atoms with Gasteiger partial charge in [-0.15, -0.1) is 0 Å². The third-order valence-electron chi connectivity index (χ3n) is 2.59. The van der Waals surface area contributed by atoms with Crippen LogP contribution in [-0.2, 0) is 17.1 Å². The fourth-order valence-electron chi connectivity index (χ4n) is 1.36. The van der Waals surface area contributed by atoms with Crippen molar-refractivity contribution in [3.8, 4) is 0 Å². The summed E-state index contributed by atoms with van der Waals surface area (Å²) >= 11 is 0. The van der Waals surface area contributed by atoms with Crippen LogP contribution in [0.1, 0.15) is 0 Å². The van der Waals surface area contributed by atoms with Gasteiger partial charge in [-0.25, -0.2) is 0 Å². The molecule has 0 aromatic carbocycles. The summed E-state index contributed by atoms with van der Waals surface area (Å²) in [5, 5.41) is 0. The topological polar surface area (TPSA) is 9.72 Å². The maximum atomic E-state index is 2.40. The van der Waals surface area contributed by atoms with Crippen molar-refractivity contribution in [2.24, 2.45) is 0 Å². The summed E-state index contributed by atoms with van der Waals surface area (Å²) in [6.45, 7) is 7.19. The molecule has 1 saturated heterocycles. The van der Waals surface area contributed by atoms with Crippen LogP contribution in [0.3, 0.4) is 0 Å². The molecule has 1 aliphatic rings. The Bertz CT molecular complexity index is 96.3. The first kappa shape index (κ1) is 13.4. The predicted octanol–water partition coefficient (Wildman–Crippen LogP) is -0.207. The van der Waals surface area contributed by atoms with Crippen LogP contribution in [-0.4, -0.2) is 75.1 Å². The van der Waals surface area contributed by atoms with Crippen LogP contribution in [0.25, 0.3) is 0 Å². The predicted molar refractivity (Wildman–Crippen MR) is 52.5 cm³/mol. The Morgan fingerprint density at radius 2 is 0.692 bits per heavy atom. The van der Waals surface area contributed by atoms with Crippen molar-refractivity contribution in [2.75, 3.05) is 60.4 Å². The molecule has 0 aromatic heterocycles. The summed E-state index contributed by atoms with van der Waals surface area (Å²) in [6, 6.07) is 0. The Morgan fingerprint density at radius 3 is 0.846 bits per heavy atom. The third-order valence-corrected chi connectivity index (χ3v) is 2.59. The van der Waals surface area contributed by atoms with Crippen molar-refractivity contribution >= 4 is 0 Å². The van der Waals surface area contributed by atoms with Crippen LogP contribution in [0.15, 0.2) is 0 Å². The summed E-state index contributed by atoms with van der Waals surface area (Å²) in [5.74, 6) is 0. The monoisotopic (exact) mass is 226 g/mol. The van der Waals surface area contributed by atoms with Crippen LogP contribution < -0.4 is 0 Å². The number of nitrogens with zero attached hydrogens (tertiary/aromatic N) is 3. The first-order valence-electron chi connectivity index (χ1n) is 4.74. The van der Waals surface area contributed by atoms with Gasteiger partial charge in [-0.05, 0) is 21.1 Å². The zero-order valence-electron chi connectivity index (χ0n) is 8.96. The van der Waals surface area contributed by atoms with Gasteiger partial charge in [0.05, 0.1) is 0 Å². The smallest absolute Gasteiger partial charge is 0.0107 e. The molecule has 0 N–H and O–H groups in total. The molecular weight excluding hydrogens is 205 g/mol. The molecule has 0 bridgehead atoms. The van der Waals surface area contributed by atoms with E-state index in [9.17, 15) is 0 Å². The molecule has 1 fully saturated rings. The zero-order valence-corrected chi connectivity index (χ0v) is 10.1. The first-order chi connectivity index (χ1) is 5.68. The Kier molecular flexibility index (Phi) is 7.00. The summed E-state index contributed by atoms with van der Waals surface area (Å²) in [5.41, 5.74) is 0. The second-order valence-corrected chi connectivity index (χ2v) is 3.91. The fraction of sp³-hybridized carbons (Fsp3) is 1.00. The van der Waals surface area contributed by atoms with Crippen molar-refractivity contribution in [3.05, 3.63) is 0 Å². The Morgan fingerprint density at radius 1 is 0.538 bits per heavy atom. The second kappa shape index (κ2) is 6.79. The average molecular weight is 226 g/mol. The third kappa shape index (κ3) is 5.65. The van der Waals surface area contributed by atoms with Gasteiger partial charge < -0.3 is 14.7 Å². The maximum Gasteiger partial charge on any atom is 0.0107 e. The Balaban J connectivity index is 0.00000144. The molecule has 79 valence electrons. The van der Waals surface area contributed by atoms with Crippen molar-refractivity contribution in [3.63, 3.8) is 0 Å². The van der Waals surface area contributed by atoms with E-state index in [1.807, 2.05) is 0 Å². The van der Waals surface area contributed by atoms with Gasteiger partial charge >= 0.3 is 0 Å². The van der Waals surface area contributed by atoms with E-state index in [2.05, 4.69) is 35.8 Å². The van der Waals surface area contributed by atoms with Gasteiger partial charge in [-0.3, -0.25) is 0 Å². The molecule has 0 aromatic rings. The van der Waals surface area contributed by atoms with E-state index < -0.39 is 0 Å². The SMILES string of the molecule is CN1CCN(C)CCN(C)CC1.[Mn]. The molecule has 0 saturated carbocycles. The van der Waals surface area contributed by atoms with Crippen LogP contribution in [0.4, 0.5) is 0 Å². The van der Waals surface area contributed by atoms with Gasteiger partial charge in [-0.1, -0.05) is 0 Å². The second-order valence-electron chi connectivity index (χ2n) is 3.91. The van der Waals surface area contributed by atoms with Crippen LogP contribution in [0.5, 0.6) is 0 Å². The summed E-state index contributed by atoms with van der Waals surface area (Å²) in [6.07, 6.45) is 0. The molecule has 3 nitrogen and oxygen atoms in total. The molecule has 0 amide bonds.